The molecule has 1 aromatic rings. The fourth-order valence-electron chi connectivity index (χ4n) is 1.66. The molecule has 17 heavy (non-hydrogen) atoms. The lowest BCUT2D eigenvalue weighted by atomic mass is 9.83. The highest BCUT2D eigenvalue weighted by molar-refractivity contribution is 5.76. The van der Waals surface area contributed by atoms with Crippen molar-refractivity contribution in [2.45, 2.75) is 32.7 Å². The van der Waals surface area contributed by atoms with Crippen LogP contribution in [0.4, 0.5) is 0 Å². The first-order valence-corrected chi connectivity index (χ1v) is 5.47. The molecule has 90 valence electrons. The molecule has 0 unspecified atom stereocenters. The number of allylic oxidation sites excluding steroid dienone is 1. The molecule has 3 N–H and O–H groups in total. The zero-order valence-corrected chi connectivity index (χ0v) is 10.5. The number of nitriles is 1. The third-order valence-corrected chi connectivity index (χ3v) is 2.70. The smallest absolute Gasteiger partial charge is 0.123 e. The van der Waals surface area contributed by atoms with Gasteiger partial charge in [-0.3, -0.25) is 0 Å². The van der Waals surface area contributed by atoms with E-state index in [0.29, 0.717) is 11.1 Å². The van der Waals surface area contributed by atoms with Gasteiger partial charge in [0.15, 0.2) is 0 Å². The summed E-state index contributed by atoms with van der Waals surface area (Å²) in [5.41, 5.74) is 7.92. The van der Waals surface area contributed by atoms with E-state index in [4.69, 9.17) is 11.0 Å². The fourth-order valence-corrected chi connectivity index (χ4v) is 1.66. The highest BCUT2D eigenvalue weighted by Gasteiger charge is 2.21. The van der Waals surface area contributed by atoms with Gasteiger partial charge >= 0.3 is 0 Å². The second kappa shape index (κ2) is 4.60. The van der Waals surface area contributed by atoms with Crippen molar-refractivity contribution in [2.24, 2.45) is 5.73 Å². The predicted octanol–water partition coefficient (Wildman–Crippen LogP) is 2.69. The number of aromatic hydroxyl groups is 1. The fraction of sp³-hybridized carbons (Fsp3) is 0.357. The van der Waals surface area contributed by atoms with E-state index in [9.17, 15) is 5.11 Å². The maximum atomic E-state index is 10.1. The second-order valence-electron chi connectivity index (χ2n) is 5.08. The Hall–Kier alpha value is -1.79. The molecule has 0 aliphatic heterocycles. The van der Waals surface area contributed by atoms with E-state index in [1.54, 1.807) is 12.1 Å². The Morgan fingerprint density at radius 2 is 2.06 bits per heavy atom. The minimum absolute atomic E-state index is 0.209. The Morgan fingerprint density at radius 3 is 2.47 bits per heavy atom. The molecule has 0 radical (unpaired) electrons. The summed E-state index contributed by atoms with van der Waals surface area (Å²) in [7, 11) is 0. The number of rotatable bonds is 2. The van der Waals surface area contributed by atoms with E-state index in [2.05, 4.69) is 6.58 Å². The van der Waals surface area contributed by atoms with Gasteiger partial charge in [0.1, 0.15) is 5.75 Å². The summed E-state index contributed by atoms with van der Waals surface area (Å²) in [6.45, 7) is 9.93. The Labute approximate surface area is 102 Å². The number of benzene rings is 1. The number of hydrogen-bond acceptors (Lipinski definition) is 3. The van der Waals surface area contributed by atoms with Crippen LogP contribution in [0.15, 0.2) is 18.7 Å². The molecule has 0 aliphatic rings. The zero-order chi connectivity index (χ0) is 13.2. The average molecular weight is 230 g/mol. The van der Waals surface area contributed by atoms with Gasteiger partial charge in [-0.2, -0.15) is 5.26 Å². The molecule has 0 spiro atoms. The third kappa shape index (κ3) is 2.66. The van der Waals surface area contributed by atoms with Gasteiger partial charge in [0.25, 0.3) is 0 Å². The Bertz CT molecular complexity index is 490. The van der Waals surface area contributed by atoms with Crippen molar-refractivity contribution < 1.29 is 5.11 Å². The largest absolute Gasteiger partial charge is 0.507 e. The van der Waals surface area contributed by atoms with Crippen LogP contribution in [-0.4, -0.2) is 5.11 Å². The van der Waals surface area contributed by atoms with Crippen LogP contribution in [0, 0.1) is 11.3 Å². The minimum atomic E-state index is -0.209. The molecule has 0 heterocycles. The van der Waals surface area contributed by atoms with Crippen molar-refractivity contribution in [3.63, 3.8) is 0 Å². The molecular weight excluding hydrogens is 212 g/mol. The Kier molecular flexibility index (Phi) is 3.59. The molecule has 0 saturated carbocycles. The summed E-state index contributed by atoms with van der Waals surface area (Å²) in [5, 5.41) is 19.0. The first kappa shape index (κ1) is 13.3. The second-order valence-corrected chi connectivity index (χ2v) is 5.08. The lowest BCUT2D eigenvalue weighted by Crippen LogP contribution is -2.13. The molecular formula is C14H18N2O. The summed E-state index contributed by atoms with van der Waals surface area (Å²) in [5.74, 6) is 0.217. The molecule has 0 bridgehead atoms. The molecule has 0 saturated heterocycles. The summed E-state index contributed by atoms with van der Waals surface area (Å²) in [6, 6.07) is 5.54. The van der Waals surface area contributed by atoms with Crippen LogP contribution < -0.4 is 5.73 Å². The molecule has 3 heteroatoms. The van der Waals surface area contributed by atoms with Crippen LogP contribution in [0.1, 0.15) is 37.5 Å². The van der Waals surface area contributed by atoms with E-state index < -0.39 is 0 Å². The Morgan fingerprint density at radius 1 is 1.47 bits per heavy atom. The summed E-state index contributed by atoms with van der Waals surface area (Å²) >= 11 is 0. The van der Waals surface area contributed by atoms with Gasteiger partial charge in [0, 0.05) is 17.7 Å². The van der Waals surface area contributed by atoms with Crippen LogP contribution >= 0.6 is 0 Å². The summed E-state index contributed by atoms with van der Waals surface area (Å²) in [6.07, 6.45) is 0. The standard InChI is InChI=1S/C14H18N2O/c1-9(7-15)10-5-11(8-16)13(17)12(6-10)14(2,3)4/h5-6,17H,1,8,16H2,2-4H3. The first-order valence-electron chi connectivity index (χ1n) is 5.47. The first-order chi connectivity index (χ1) is 7.81. The van der Waals surface area contributed by atoms with Gasteiger partial charge in [-0.25, -0.2) is 0 Å². The topological polar surface area (TPSA) is 70.0 Å². The third-order valence-electron chi connectivity index (χ3n) is 2.70. The maximum Gasteiger partial charge on any atom is 0.123 e. The van der Waals surface area contributed by atoms with E-state index >= 15 is 0 Å². The van der Waals surface area contributed by atoms with Crippen molar-refractivity contribution >= 4 is 5.57 Å². The number of nitrogens with two attached hydrogens (primary N) is 1. The average Bonchev–Trinajstić information content (AvgIpc) is 2.26. The van der Waals surface area contributed by atoms with Gasteiger partial charge in [-0.15, -0.1) is 0 Å². The van der Waals surface area contributed by atoms with Crippen LogP contribution in [0.5, 0.6) is 5.75 Å². The molecule has 0 atom stereocenters. The lowest BCUT2D eigenvalue weighted by molar-refractivity contribution is 0.440. The minimum Gasteiger partial charge on any atom is -0.507 e. The van der Waals surface area contributed by atoms with Crippen molar-refractivity contribution in [1.29, 1.82) is 5.26 Å². The number of nitrogens with zero attached hydrogens (tertiary/aromatic N) is 1. The van der Waals surface area contributed by atoms with Gasteiger partial charge in [-0.05, 0) is 23.1 Å². The van der Waals surface area contributed by atoms with E-state index in [1.807, 2.05) is 26.8 Å². The quantitative estimate of drug-likeness (QED) is 0.767. The number of phenols is 1. The monoisotopic (exact) mass is 230 g/mol. The lowest BCUT2D eigenvalue weighted by Gasteiger charge is -2.23. The van der Waals surface area contributed by atoms with Gasteiger partial charge < -0.3 is 10.8 Å². The predicted molar refractivity (Wildman–Crippen MR) is 69.3 cm³/mol. The molecule has 0 aromatic heterocycles. The SMILES string of the molecule is C=C(C#N)c1cc(CN)c(O)c(C(C)(C)C)c1. The molecule has 1 rings (SSSR count). The molecule has 0 aliphatic carbocycles. The van der Waals surface area contributed by atoms with E-state index in [-0.39, 0.29) is 17.7 Å². The van der Waals surface area contributed by atoms with E-state index in [1.165, 1.54) is 0 Å². The highest BCUT2D eigenvalue weighted by atomic mass is 16.3. The number of hydrogen-bond donors (Lipinski definition) is 2. The van der Waals surface area contributed by atoms with Crippen LogP contribution in [0.3, 0.4) is 0 Å². The van der Waals surface area contributed by atoms with Crippen molar-refractivity contribution in [3.8, 4) is 11.8 Å². The molecule has 1 aromatic carbocycles. The summed E-state index contributed by atoms with van der Waals surface area (Å²) < 4.78 is 0. The van der Waals surface area contributed by atoms with Gasteiger partial charge in [0.05, 0.1) is 11.6 Å². The normalized spacial score (nSPS) is 11.0. The molecule has 3 nitrogen and oxygen atoms in total. The van der Waals surface area contributed by atoms with Gasteiger partial charge in [0.2, 0.25) is 0 Å². The zero-order valence-electron chi connectivity index (χ0n) is 10.5. The highest BCUT2D eigenvalue weighted by Crippen LogP contribution is 2.35. The molecule has 0 amide bonds. The van der Waals surface area contributed by atoms with Gasteiger partial charge in [-0.1, -0.05) is 27.4 Å². The molecule has 0 fully saturated rings. The van der Waals surface area contributed by atoms with Crippen LogP contribution in [0.25, 0.3) is 5.57 Å². The maximum absolute atomic E-state index is 10.1. The van der Waals surface area contributed by atoms with Crippen molar-refractivity contribution in [3.05, 3.63) is 35.4 Å². The van der Waals surface area contributed by atoms with E-state index in [0.717, 1.165) is 11.1 Å². The van der Waals surface area contributed by atoms with Crippen LogP contribution in [0.2, 0.25) is 0 Å². The summed E-state index contributed by atoms with van der Waals surface area (Å²) in [4.78, 5) is 0. The Balaban J connectivity index is 3.51. The van der Waals surface area contributed by atoms with Crippen molar-refractivity contribution in [2.75, 3.05) is 0 Å². The van der Waals surface area contributed by atoms with Crippen LogP contribution in [-0.2, 0) is 12.0 Å². The van der Waals surface area contributed by atoms with Crippen molar-refractivity contribution in [1.82, 2.24) is 0 Å². The number of phenolic OH excluding ortho intramolecular Hbond substituents is 1.